The molecule has 0 saturated carbocycles. The maximum atomic E-state index is 9.38. The van der Waals surface area contributed by atoms with E-state index in [-0.39, 0.29) is 0 Å². The van der Waals surface area contributed by atoms with Gasteiger partial charge in [0.2, 0.25) is 0 Å². The van der Waals surface area contributed by atoms with E-state index >= 15 is 0 Å². The molecule has 0 aliphatic carbocycles. The summed E-state index contributed by atoms with van der Waals surface area (Å²) in [7, 11) is 0. The lowest BCUT2D eigenvalue weighted by Gasteiger charge is -2.06. The second-order valence-electron chi connectivity index (χ2n) is 3.60. The Kier molecular flexibility index (Phi) is 3.05. The molecule has 3 nitrogen and oxygen atoms in total. The first kappa shape index (κ1) is 10.5. The van der Waals surface area contributed by atoms with Gasteiger partial charge in [-0.3, -0.25) is 4.98 Å². The molecular formula is C13H13NO2. The number of hydrogen-bond acceptors (Lipinski definition) is 3. The van der Waals surface area contributed by atoms with Gasteiger partial charge in [0, 0.05) is 6.20 Å². The topological polar surface area (TPSA) is 42.4 Å². The van der Waals surface area contributed by atoms with Crippen LogP contribution in [0.15, 0.2) is 42.7 Å². The monoisotopic (exact) mass is 215 g/mol. The maximum absolute atomic E-state index is 9.38. The number of aromatic nitrogens is 1. The van der Waals surface area contributed by atoms with Crippen LogP contribution in [0.1, 0.15) is 11.1 Å². The van der Waals surface area contributed by atoms with Crippen LogP contribution < -0.4 is 4.74 Å². The number of pyridine rings is 1. The predicted octanol–water partition coefficient (Wildman–Crippen LogP) is 2.67. The summed E-state index contributed by atoms with van der Waals surface area (Å²) in [5, 5.41) is 9.38. The summed E-state index contributed by atoms with van der Waals surface area (Å²) in [6.07, 6.45) is 3.38. The Labute approximate surface area is 94.3 Å². The Morgan fingerprint density at radius 2 is 2.19 bits per heavy atom. The Balaban J connectivity index is 2.03. The number of phenolic OH excluding ortho intramolecular Hbond substituents is 1. The van der Waals surface area contributed by atoms with Crippen LogP contribution in [0.3, 0.4) is 0 Å². The zero-order valence-electron chi connectivity index (χ0n) is 9.05. The summed E-state index contributed by atoms with van der Waals surface area (Å²) < 4.78 is 5.54. The molecule has 1 aromatic carbocycles. The smallest absolute Gasteiger partial charge is 0.138 e. The summed E-state index contributed by atoms with van der Waals surface area (Å²) in [6.45, 7) is 2.34. The fourth-order valence-electron chi connectivity index (χ4n) is 1.41. The van der Waals surface area contributed by atoms with Crippen molar-refractivity contribution in [3.05, 3.63) is 53.9 Å². The molecule has 2 rings (SSSR count). The highest BCUT2D eigenvalue weighted by Gasteiger charge is 1.99. The summed E-state index contributed by atoms with van der Waals surface area (Å²) in [6, 6.07) is 9.12. The zero-order valence-corrected chi connectivity index (χ0v) is 9.05. The number of rotatable bonds is 3. The molecule has 1 aromatic heterocycles. The minimum atomic E-state index is 0.310. The number of phenols is 1. The fourth-order valence-corrected chi connectivity index (χ4v) is 1.41. The lowest BCUT2D eigenvalue weighted by atomic mass is 10.1. The van der Waals surface area contributed by atoms with Crippen molar-refractivity contribution in [1.29, 1.82) is 0 Å². The average molecular weight is 215 g/mol. The number of ether oxygens (including phenoxy) is 1. The van der Waals surface area contributed by atoms with Crippen molar-refractivity contribution >= 4 is 0 Å². The number of nitrogens with zero attached hydrogens (tertiary/aromatic N) is 1. The largest absolute Gasteiger partial charge is 0.508 e. The molecule has 0 aliphatic rings. The normalized spacial score (nSPS) is 10.1. The van der Waals surface area contributed by atoms with Crippen LogP contribution in [0.2, 0.25) is 0 Å². The third-order valence-electron chi connectivity index (χ3n) is 2.30. The summed E-state index contributed by atoms with van der Waals surface area (Å²) in [5.74, 6) is 1.05. The van der Waals surface area contributed by atoms with Crippen LogP contribution in [-0.4, -0.2) is 10.1 Å². The number of aromatic hydroxyl groups is 1. The molecule has 0 bridgehead atoms. The molecule has 0 aliphatic heterocycles. The zero-order chi connectivity index (χ0) is 11.4. The summed E-state index contributed by atoms with van der Waals surface area (Å²) in [5.41, 5.74) is 1.88. The molecule has 1 heterocycles. The molecular weight excluding hydrogens is 202 g/mol. The van der Waals surface area contributed by atoms with E-state index in [1.54, 1.807) is 18.5 Å². The molecule has 0 amide bonds. The Morgan fingerprint density at radius 3 is 2.88 bits per heavy atom. The van der Waals surface area contributed by atoms with Gasteiger partial charge in [-0.1, -0.05) is 6.07 Å². The van der Waals surface area contributed by atoms with Crippen LogP contribution >= 0.6 is 0 Å². The highest BCUT2D eigenvalue weighted by molar-refractivity contribution is 5.34. The van der Waals surface area contributed by atoms with Gasteiger partial charge < -0.3 is 9.84 Å². The lowest BCUT2D eigenvalue weighted by molar-refractivity contribution is 0.304. The van der Waals surface area contributed by atoms with Gasteiger partial charge in [0.05, 0.1) is 6.20 Å². The molecule has 1 N–H and O–H groups in total. The third-order valence-corrected chi connectivity index (χ3v) is 2.30. The predicted molar refractivity (Wildman–Crippen MR) is 61.4 cm³/mol. The van der Waals surface area contributed by atoms with Gasteiger partial charge in [-0.05, 0) is 42.3 Å². The molecule has 2 aromatic rings. The van der Waals surface area contributed by atoms with Crippen molar-refractivity contribution in [2.24, 2.45) is 0 Å². The van der Waals surface area contributed by atoms with Crippen LogP contribution in [0.5, 0.6) is 11.5 Å². The van der Waals surface area contributed by atoms with Crippen LogP contribution in [0.4, 0.5) is 0 Å². The van der Waals surface area contributed by atoms with E-state index in [1.807, 2.05) is 31.2 Å². The van der Waals surface area contributed by atoms with E-state index in [4.69, 9.17) is 4.74 Å². The van der Waals surface area contributed by atoms with E-state index in [1.165, 1.54) is 0 Å². The SMILES string of the molecule is Cc1cc(COc2cccnc2)ccc1O. The van der Waals surface area contributed by atoms with Crippen molar-refractivity contribution in [2.75, 3.05) is 0 Å². The number of benzene rings is 1. The van der Waals surface area contributed by atoms with Crippen molar-refractivity contribution in [3.63, 3.8) is 0 Å². The van der Waals surface area contributed by atoms with Gasteiger partial charge in [-0.2, -0.15) is 0 Å². The minimum Gasteiger partial charge on any atom is -0.508 e. The quantitative estimate of drug-likeness (QED) is 0.855. The Bertz CT molecular complexity index is 469. The highest BCUT2D eigenvalue weighted by Crippen LogP contribution is 2.18. The minimum absolute atomic E-state index is 0.310. The van der Waals surface area contributed by atoms with Crippen LogP contribution in [-0.2, 0) is 6.61 Å². The van der Waals surface area contributed by atoms with E-state index in [0.29, 0.717) is 12.4 Å². The molecule has 0 fully saturated rings. The lowest BCUT2D eigenvalue weighted by Crippen LogP contribution is -1.95. The van der Waals surface area contributed by atoms with Gasteiger partial charge in [0.15, 0.2) is 0 Å². The third kappa shape index (κ3) is 2.51. The van der Waals surface area contributed by atoms with Crippen molar-refractivity contribution in [1.82, 2.24) is 4.98 Å². The van der Waals surface area contributed by atoms with Gasteiger partial charge in [0.1, 0.15) is 18.1 Å². The van der Waals surface area contributed by atoms with E-state index in [0.717, 1.165) is 16.9 Å². The van der Waals surface area contributed by atoms with Crippen molar-refractivity contribution in [2.45, 2.75) is 13.5 Å². The fraction of sp³-hybridized carbons (Fsp3) is 0.154. The molecule has 0 atom stereocenters. The van der Waals surface area contributed by atoms with Crippen molar-refractivity contribution in [3.8, 4) is 11.5 Å². The molecule has 3 heteroatoms. The molecule has 0 saturated heterocycles. The molecule has 0 spiro atoms. The first-order chi connectivity index (χ1) is 7.75. The summed E-state index contributed by atoms with van der Waals surface area (Å²) >= 11 is 0. The van der Waals surface area contributed by atoms with Gasteiger partial charge >= 0.3 is 0 Å². The number of hydrogen-bond donors (Lipinski definition) is 1. The standard InChI is InChI=1S/C13H13NO2/c1-10-7-11(4-5-13(10)15)9-16-12-3-2-6-14-8-12/h2-8,15H,9H2,1H3. The van der Waals surface area contributed by atoms with E-state index in [2.05, 4.69) is 4.98 Å². The second kappa shape index (κ2) is 4.66. The highest BCUT2D eigenvalue weighted by atomic mass is 16.5. The van der Waals surface area contributed by atoms with E-state index < -0.39 is 0 Å². The Hall–Kier alpha value is -2.03. The molecule has 16 heavy (non-hydrogen) atoms. The molecule has 82 valence electrons. The van der Waals surface area contributed by atoms with Crippen LogP contribution in [0, 0.1) is 6.92 Å². The first-order valence-corrected chi connectivity index (χ1v) is 5.07. The first-order valence-electron chi connectivity index (χ1n) is 5.07. The van der Waals surface area contributed by atoms with E-state index in [9.17, 15) is 5.11 Å². The van der Waals surface area contributed by atoms with Crippen LogP contribution in [0.25, 0.3) is 0 Å². The van der Waals surface area contributed by atoms with Gasteiger partial charge in [-0.15, -0.1) is 0 Å². The molecule has 0 radical (unpaired) electrons. The van der Waals surface area contributed by atoms with Crippen molar-refractivity contribution < 1.29 is 9.84 Å². The second-order valence-corrected chi connectivity index (χ2v) is 3.60. The maximum Gasteiger partial charge on any atom is 0.138 e. The number of aryl methyl sites for hydroxylation is 1. The van der Waals surface area contributed by atoms with Gasteiger partial charge in [0.25, 0.3) is 0 Å². The summed E-state index contributed by atoms with van der Waals surface area (Å²) in [4.78, 5) is 3.96. The van der Waals surface area contributed by atoms with Gasteiger partial charge in [-0.25, -0.2) is 0 Å². The molecule has 0 unspecified atom stereocenters. The Morgan fingerprint density at radius 1 is 1.31 bits per heavy atom. The average Bonchev–Trinajstić information content (AvgIpc) is 2.32.